The molecular weight excluding hydrogens is 482 g/mol. The van der Waals surface area contributed by atoms with Gasteiger partial charge in [0, 0.05) is 12.1 Å². The second-order valence-electron chi connectivity index (χ2n) is 6.99. The number of anilines is 1. The summed E-state index contributed by atoms with van der Waals surface area (Å²) in [6.45, 7) is 0. The van der Waals surface area contributed by atoms with E-state index in [-0.39, 0.29) is 16.6 Å². The number of aromatic nitrogens is 3. The van der Waals surface area contributed by atoms with Gasteiger partial charge in [0.1, 0.15) is 5.25 Å². The monoisotopic (exact) mass is 495 g/mol. The molecule has 1 amide bonds. The number of thiazole rings is 1. The third-order valence-corrected chi connectivity index (χ3v) is 7.42. The summed E-state index contributed by atoms with van der Waals surface area (Å²) < 4.78 is 3.01. The third-order valence-electron chi connectivity index (χ3n) is 4.90. The summed E-state index contributed by atoms with van der Waals surface area (Å²) >= 11 is 8.99. The largest absolute Gasteiger partial charge is 0.323 e. The van der Waals surface area contributed by atoms with E-state index in [4.69, 9.17) is 11.6 Å². The van der Waals surface area contributed by atoms with Crippen LogP contribution < -0.4 is 5.32 Å². The molecule has 0 aliphatic rings. The first kappa shape index (κ1) is 21.4. The van der Waals surface area contributed by atoms with Gasteiger partial charge >= 0.3 is 0 Å². The Bertz CT molecular complexity index is 1500. The minimum Gasteiger partial charge on any atom is -0.323 e. The predicted molar refractivity (Wildman–Crippen MR) is 130 cm³/mol. The van der Waals surface area contributed by atoms with E-state index in [2.05, 4.69) is 15.5 Å². The van der Waals surface area contributed by atoms with Crippen LogP contribution in [0.3, 0.4) is 0 Å². The number of nitro groups is 1. The number of carbonyl (C=O) groups excluding carboxylic acids is 1. The summed E-state index contributed by atoms with van der Waals surface area (Å²) in [4.78, 5) is 24.5. The molecule has 0 bridgehead atoms. The van der Waals surface area contributed by atoms with Gasteiger partial charge in [-0.2, -0.15) is 0 Å². The number of hydrogen-bond acceptors (Lipinski definition) is 7. The van der Waals surface area contributed by atoms with Crippen LogP contribution in [0.4, 0.5) is 11.4 Å². The van der Waals surface area contributed by atoms with Gasteiger partial charge in [0.2, 0.25) is 10.9 Å². The maximum absolute atomic E-state index is 13.4. The molecule has 2 heterocycles. The Balaban J connectivity index is 1.50. The molecule has 0 radical (unpaired) electrons. The molecule has 0 fully saturated rings. The summed E-state index contributed by atoms with van der Waals surface area (Å²) in [6.07, 6.45) is 0. The lowest BCUT2D eigenvalue weighted by Crippen LogP contribution is -2.19. The topological polar surface area (TPSA) is 102 Å². The number of nitrogens with one attached hydrogen (secondary N) is 1. The van der Waals surface area contributed by atoms with Crippen molar-refractivity contribution in [1.82, 2.24) is 14.6 Å². The van der Waals surface area contributed by atoms with Crippen LogP contribution >= 0.6 is 34.7 Å². The molecule has 8 nitrogen and oxygen atoms in total. The smallest absolute Gasteiger partial charge is 0.271 e. The first-order chi connectivity index (χ1) is 16.0. The molecule has 0 aliphatic carbocycles. The van der Waals surface area contributed by atoms with Gasteiger partial charge in [-0.05, 0) is 23.8 Å². The van der Waals surface area contributed by atoms with Gasteiger partial charge in [-0.3, -0.25) is 19.3 Å². The van der Waals surface area contributed by atoms with E-state index in [9.17, 15) is 14.9 Å². The lowest BCUT2D eigenvalue weighted by Gasteiger charge is -2.16. The van der Waals surface area contributed by atoms with Gasteiger partial charge in [0.15, 0.2) is 5.16 Å². The Kier molecular flexibility index (Phi) is 5.71. The van der Waals surface area contributed by atoms with E-state index < -0.39 is 10.2 Å². The van der Waals surface area contributed by atoms with Gasteiger partial charge in [-0.15, -0.1) is 10.2 Å². The average Bonchev–Trinajstić information content (AvgIpc) is 3.38. The summed E-state index contributed by atoms with van der Waals surface area (Å²) in [5, 5.41) is 22.4. The van der Waals surface area contributed by atoms with Gasteiger partial charge < -0.3 is 5.32 Å². The molecule has 164 valence electrons. The Labute approximate surface area is 200 Å². The molecule has 1 N–H and O–H groups in total. The Morgan fingerprint density at radius 1 is 1.09 bits per heavy atom. The van der Waals surface area contributed by atoms with E-state index in [1.807, 2.05) is 59.0 Å². The zero-order valence-corrected chi connectivity index (χ0v) is 19.1. The maximum atomic E-state index is 13.4. The van der Waals surface area contributed by atoms with E-state index in [0.717, 1.165) is 20.7 Å². The first-order valence-corrected chi connectivity index (χ1v) is 11.8. The van der Waals surface area contributed by atoms with E-state index in [1.165, 1.54) is 41.3 Å². The molecule has 11 heteroatoms. The van der Waals surface area contributed by atoms with Crippen molar-refractivity contribution in [3.05, 3.63) is 93.5 Å². The molecule has 0 aliphatic heterocycles. The van der Waals surface area contributed by atoms with Crippen LogP contribution in [0.25, 0.3) is 15.2 Å². The summed E-state index contributed by atoms with van der Waals surface area (Å²) in [5.41, 5.74) is 1.88. The van der Waals surface area contributed by atoms with Crippen LogP contribution in [0, 0.1) is 10.1 Å². The minimum atomic E-state index is -0.663. The molecule has 5 rings (SSSR count). The Morgan fingerprint density at radius 2 is 1.85 bits per heavy atom. The second kappa shape index (κ2) is 8.81. The van der Waals surface area contributed by atoms with Gasteiger partial charge in [-0.1, -0.05) is 77.2 Å². The number of hydrogen-bond donors (Lipinski definition) is 1. The SMILES string of the molecule is O=C(Nc1ccc([N+](=O)[O-])cc1Cl)[C@@H](Sc1nnc2sc3ccccc3n12)c1ccccc1. The molecule has 1 atom stereocenters. The summed E-state index contributed by atoms with van der Waals surface area (Å²) in [7, 11) is 0. The highest BCUT2D eigenvalue weighted by Crippen LogP contribution is 2.38. The fourth-order valence-corrected chi connectivity index (χ4v) is 5.65. The van der Waals surface area contributed by atoms with Crippen molar-refractivity contribution in [3.8, 4) is 0 Å². The number of para-hydroxylation sites is 1. The number of carbonyl (C=O) groups is 1. The van der Waals surface area contributed by atoms with Crippen LogP contribution in [0.2, 0.25) is 5.02 Å². The van der Waals surface area contributed by atoms with Crippen molar-refractivity contribution in [2.45, 2.75) is 10.4 Å². The van der Waals surface area contributed by atoms with Gasteiger partial charge in [0.05, 0.1) is 25.8 Å². The van der Waals surface area contributed by atoms with Crippen LogP contribution in [-0.4, -0.2) is 25.4 Å². The number of halogens is 1. The number of nitrogens with zero attached hydrogens (tertiary/aromatic N) is 4. The number of non-ortho nitro benzene ring substituents is 1. The molecular formula is C22H14ClN5O3S2. The molecule has 33 heavy (non-hydrogen) atoms. The predicted octanol–water partition coefficient (Wildman–Crippen LogP) is 5.98. The van der Waals surface area contributed by atoms with Crippen molar-refractivity contribution in [2.75, 3.05) is 5.32 Å². The lowest BCUT2D eigenvalue weighted by molar-refractivity contribution is -0.384. The van der Waals surface area contributed by atoms with Gasteiger partial charge in [0.25, 0.3) is 5.69 Å². The van der Waals surface area contributed by atoms with Crippen LogP contribution in [0.15, 0.2) is 78.0 Å². The number of nitro benzene ring substituents is 1. The zero-order chi connectivity index (χ0) is 22.9. The van der Waals surface area contributed by atoms with Crippen molar-refractivity contribution < 1.29 is 9.72 Å². The number of rotatable bonds is 6. The summed E-state index contributed by atoms with van der Waals surface area (Å²) in [6, 6.07) is 21.1. The fourth-order valence-electron chi connectivity index (χ4n) is 3.36. The van der Waals surface area contributed by atoms with Crippen molar-refractivity contribution >= 4 is 67.2 Å². The number of thioether (sulfide) groups is 1. The number of amides is 1. The molecule has 3 aromatic carbocycles. The van der Waals surface area contributed by atoms with Gasteiger partial charge in [-0.25, -0.2) is 0 Å². The van der Waals surface area contributed by atoms with Crippen molar-refractivity contribution in [1.29, 1.82) is 0 Å². The maximum Gasteiger partial charge on any atom is 0.271 e. The molecule has 0 spiro atoms. The highest BCUT2D eigenvalue weighted by Gasteiger charge is 2.26. The van der Waals surface area contributed by atoms with E-state index >= 15 is 0 Å². The lowest BCUT2D eigenvalue weighted by atomic mass is 10.1. The average molecular weight is 496 g/mol. The quantitative estimate of drug-likeness (QED) is 0.177. The third kappa shape index (κ3) is 4.15. The van der Waals surface area contributed by atoms with Crippen molar-refractivity contribution in [2.24, 2.45) is 0 Å². The Hall–Kier alpha value is -3.47. The normalized spacial score (nSPS) is 12.2. The highest BCUT2D eigenvalue weighted by molar-refractivity contribution is 8.00. The minimum absolute atomic E-state index is 0.0862. The highest BCUT2D eigenvalue weighted by atomic mass is 35.5. The fraction of sp³-hybridized carbons (Fsp3) is 0.0455. The second-order valence-corrected chi connectivity index (χ2v) is 9.48. The standard InChI is InChI=1S/C22H14ClN5O3S2/c23-15-12-14(28(30)31)10-11-16(15)24-20(29)19(13-6-2-1-3-7-13)33-22-26-25-21-27(22)17-8-4-5-9-18(17)32-21/h1-12,19H,(H,24,29)/t19-/m0/s1. The van der Waals surface area contributed by atoms with Crippen LogP contribution in [-0.2, 0) is 4.79 Å². The number of benzene rings is 3. The molecule has 0 saturated carbocycles. The van der Waals surface area contributed by atoms with E-state index in [1.54, 1.807) is 0 Å². The van der Waals surface area contributed by atoms with Crippen LogP contribution in [0.5, 0.6) is 0 Å². The zero-order valence-electron chi connectivity index (χ0n) is 16.7. The molecule has 0 unspecified atom stereocenters. The molecule has 0 saturated heterocycles. The Morgan fingerprint density at radius 3 is 2.61 bits per heavy atom. The first-order valence-electron chi connectivity index (χ1n) is 9.70. The number of fused-ring (bicyclic) bond motifs is 3. The van der Waals surface area contributed by atoms with E-state index in [0.29, 0.717) is 10.8 Å². The van der Waals surface area contributed by atoms with Crippen LogP contribution in [0.1, 0.15) is 10.8 Å². The molecule has 2 aromatic heterocycles. The summed E-state index contributed by atoms with van der Waals surface area (Å²) in [5.74, 6) is -0.335. The molecule has 5 aromatic rings. The van der Waals surface area contributed by atoms with Crippen molar-refractivity contribution in [3.63, 3.8) is 0 Å².